The van der Waals surface area contributed by atoms with E-state index in [1.54, 1.807) is 7.11 Å². The van der Waals surface area contributed by atoms with Gasteiger partial charge in [0.15, 0.2) is 5.82 Å². The zero-order chi connectivity index (χ0) is 12.1. The lowest BCUT2D eigenvalue weighted by Crippen LogP contribution is -2.32. The topological polar surface area (TPSA) is 71.6 Å². The second-order valence-electron chi connectivity index (χ2n) is 3.86. The van der Waals surface area contributed by atoms with Crippen LogP contribution in [0.1, 0.15) is 5.69 Å². The van der Waals surface area contributed by atoms with Crippen molar-refractivity contribution in [2.24, 2.45) is 0 Å². The molecule has 1 unspecified atom stereocenters. The fraction of sp³-hybridized carbons (Fsp3) is 0.545. The van der Waals surface area contributed by atoms with Crippen molar-refractivity contribution in [1.29, 1.82) is 0 Å². The van der Waals surface area contributed by atoms with Gasteiger partial charge >= 0.3 is 0 Å². The zero-order valence-electron chi connectivity index (χ0n) is 9.97. The number of likely N-dealkylation sites (N-methyl/N-ethyl adjacent to an activating group) is 1. The molecule has 0 amide bonds. The molecule has 0 saturated carbocycles. The normalized spacial score (nSPS) is 12.5. The van der Waals surface area contributed by atoms with Crippen LogP contribution in [-0.2, 0) is 4.74 Å². The summed E-state index contributed by atoms with van der Waals surface area (Å²) in [4.78, 5) is 6.16. The Hall–Kier alpha value is -1.33. The third kappa shape index (κ3) is 3.36. The maximum atomic E-state index is 9.61. The van der Waals surface area contributed by atoms with Gasteiger partial charge < -0.3 is 20.5 Å². The summed E-state index contributed by atoms with van der Waals surface area (Å²) in [6.07, 6.45) is -0.545. The molecule has 1 aromatic rings. The molecule has 5 nitrogen and oxygen atoms in total. The van der Waals surface area contributed by atoms with Crippen LogP contribution in [-0.4, -0.2) is 43.5 Å². The molecule has 0 spiro atoms. The lowest BCUT2D eigenvalue weighted by atomic mass is 10.3. The molecular weight excluding hydrogens is 206 g/mol. The van der Waals surface area contributed by atoms with E-state index < -0.39 is 6.10 Å². The van der Waals surface area contributed by atoms with Crippen molar-refractivity contribution in [2.45, 2.75) is 13.0 Å². The van der Waals surface area contributed by atoms with Crippen LogP contribution >= 0.6 is 0 Å². The van der Waals surface area contributed by atoms with Crippen LogP contribution in [0, 0.1) is 6.92 Å². The average molecular weight is 225 g/mol. The molecule has 0 aromatic carbocycles. The largest absolute Gasteiger partial charge is 0.396 e. The Morgan fingerprint density at radius 3 is 2.88 bits per heavy atom. The van der Waals surface area contributed by atoms with Crippen LogP contribution in [0.4, 0.5) is 11.5 Å². The second kappa shape index (κ2) is 5.67. The van der Waals surface area contributed by atoms with E-state index in [1.807, 2.05) is 31.0 Å². The average Bonchev–Trinajstić information content (AvgIpc) is 2.21. The minimum absolute atomic E-state index is 0.302. The number of pyridine rings is 1. The number of nitrogens with zero attached hydrogens (tertiary/aromatic N) is 2. The third-order valence-corrected chi connectivity index (χ3v) is 2.25. The highest BCUT2D eigenvalue weighted by molar-refractivity contribution is 5.62. The number of hydrogen-bond donors (Lipinski definition) is 2. The molecule has 0 fully saturated rings. The molecule has 0 aliphatic heterocycles. The molecule has 0 aliphatic carbocycles. The first-order chi connectivity index (χ1) is 7.54. The van der Waals surface area contributed by atoms with Gasteiger partial charge in [0, 0.05) is 26.4 Å². The summed E-state index contributed by atoms with van der Waals surface area (Å²) in [5, 5.41) is 9.61. The van der Waals surface area contributed by atoms with Gasteiger partial charge in [-0.25, -0.2) is 4.98 Å². The van der Waals surface area contributed by atoms with Crippen molar-refractivity contribution >= 4 is 11.5 Å². The van der Waals surface area contributed by atoms with Gasteiger partial charge in [-0.05, 0) is 19.1 Å². The number of aromatic nitrogens is 1. The minimum atomic E-state index is -0.545. The molecule has 5 heteroatoms. The third-order valence-electron chi connectivity index (χ3n) is 2.25. The number of aliphatic hydroxyl groups excluding tert-OH is 1. The summed E-state index contributed by atoms with van der Waals surface area (Å²) in [7, 11) is 3.40. The predicted molar refractivity (Wildman–Crippen MR) is 64.5 cm³/mol. The van der Waals surface area contributed by atoms with E-state index in [9.17, 15) is 5.11 Å². The SMILES string of the molecule is COCC(O)CN(C)c1nc(C)ccc1N. The van der Waals surface area contributed by atoms with E-state index >= 15 is 0 Å². The first-order valence-electron chi connectivity index (χ1n) is 5.16. The van der Waals surface area contributed by atoms with Gasteiger partial charge in [0.25, 0.3) is 0 Å². The van der Waals surface area contributed by atoms with Crippen molar-refractivity contribution in [3.63, 3.8) is 0 Å². The summed E-state index contributed by atoms with van der Waals surface area (Å²) < 4.78 is 4.87. The Balaban J connectivity index is 2.72. The van der Waals surface area contributed by atoms with Crippen LogP contribution in [0.25, 0.3) is 0 Å². The highest BCUT2D eigenvalue weighted by atomic mass is 16.5. The number of ether oxygens (including phenoxy) is 1. The molecule has 3 N–H and O–H groups in total. The smallest absolute Gasteiger partial charge is 0.151 e. The number of rotatable bonds is 5. The number of aliphatic hydroxyl groups is 1. The van der Waals surface area contributed by atoms with E-state index in [1.165, 1.54) is 0 Å². The molecule has 1 rings (SSSR count). The van der Waals surface area contributed by atoms with Crippen molar-refractivity contribution in [3.8, 4) is 0 Å². The molecule has 1 atom stereocenters. The molecule has 0 radical (unpaired) electrons. The summed E-state index contributed by atoms with van der Waals surface area (Å²) >= 11 is 0. The van der Waals surface area contributed by atoms with Gasteiger partial charge in [-0.2, -0.15) is 0 Å². The van der Waals surface area contributed by atoms with Crippen molar-refractivity contribution in [2.75, 3.05) is 37.9 Å². The van der Waals surface area contributed by atoms with Gasteiger partial charge in [-0.15, -0.1) is 0 Å². The zero-order valence-corrected chi connectivity index (χ0v) is 9.97. The fourth-order valence-electron chi connectivity index (χ4n) is 1.51. The van der Waals surface area contributed by atoms with E-state index in [-0.39, 0.29) is 0 Å². The Morgan fingerprint density at radius 2 is 2.25 bits per heavy atom. The highest BCUT2D eigenvalue weighted by Gasteiger charge is 2.12. The van der Waals surface area contributed by atoms with Gasteiger partial charge in [0.05, 0.1) is 18.4 Å². The van der Waals surface area contributed by atoms with E-state index in [2.05, 4.69) is 4.98 Å². The lowest BCUT2D eigenvalue weighted by Gasteiger charge is -2.22. The van der Waals surface area contributed by atoms with Crippen molar-refractivity contribution < 1.29 is 9.84 Å². The summed E-state index contributed by atoms with van der Waals surface area (Å²) in [5.41, 5.74) is 7.33. The van der Waals surface area contributed by atoms with Crippen molar-refractivity contribution in [1.82, 2.24) is 4.98 Å². The van der Waals surface area contributed by atoms with Crippen LogP contribution in [0.5, 0.6) is 0 Å². The fourth-order valence-corrected chi connectivity index (χ4v) is 1.51. The molecule has 16 heavy (non-hydrogen) atoms. The lowest BCUT2D eigenvalue weighted by molar-refractivity contribution is 0.0694. The van der Waals surface area contributed by atoms with Gasteiger partial charge in [0.2, 0.25) is 0 Å². The number of nitrogen functional groups attached to an aromatic ring is 1. The number of methoxy groups -OCH3 is 1. The Bertz CT molecular complexity index is 344. The monoisotopic (exact) mass is 225 g/mol. The number of aryl methyl sites for hydroxylation is 1. The molecule has 0 saturated heterocycles. The van der Waals surface area contributed by atoms with Crippen LogP contribution < -0.4 is 10.6 Å². The molecule has 0 aliphatic rings. The molecule has 0 bridgehead atoms. The quantitative estimate of drug-likeness (QED) is 0.759. The summed E-state index contributed by atoms with van der Waals surface area (Å²) in [6.45, 7) is 2.65. The van der Waals surface area contributed by atoms with Crippen molar-refractivity contribution in [3.05, 3.63) is 17.8 Å². The van der Waals surface area contributed by atoms with E-state index in [0.29, 0.717) is 24.7 Å². The maximum absolute atomic E-state index is 9.61. The number of hydrogen-bond acceptors (Lipinski definition) is 5. The molecular formula is C11H19N3O2. The van der Waals surface area contributed by atoms with Crippen LogP contribution in [0.2, 0.25) is 0 Å². The number of anilines is 2. The Kier molecular flexibility index (Phi) is 4.52. The second-order valence-corrected chi connectivity index (χ2v) is 3.86. The maximum Gasteiger partial charge on any atom is 0.151 e. The predicted octanol–water partition coefficient (Wildman–Crippen LogP) is 0.416. The van der Waals surface area contributed by atoms with Gasteiger partial charge in [-0.1, -0.05) is 0 Å². The Morgan fingerprint density at radius 1 is 1.56 bits per heavy atom. The Labute approximate surface area is 95.8 Å². The summed E-state index contributed by atoms with van der Waals surface area (Å²) in [5.74, 6) is 0.690. The molecule has 1 heterocycles. The first-order valence-corrected chi connectivity index (χ1v) is 5.16. The molecule has 90 valence electrons. The standard InChI is InChI=1S/C11H19N3O2/c1-8-4-5-10(12)11(13-8)14(2)6-9(15)7-16-3/h4-5,9,15H,6-7,12H2,1-3H3. The minimum Gasteiger partial charge on any atom is -0.396 e. The van der Waals surface area contributed by atoms with E-state index in [4.69, 9.17) is 10.5 Å². The van der Waals surface area contributed by atoms with Gasteiger partial charge in [-0.3, -0.25) is 0 Å². The highest BCUT2D eigenvalue weighted by Crippen LogP contribution is 2.19. The molecule has 1 aromatic heterocycles. The van der Waals surface area contributed by atoms with E-state index in [0.717, 1.165) is 5.69 Å². The summed E-state index contributed by atoms with van der Waals surface area (Å²) in [6, 6.07) is 3.68. The van der Waals surface area contributed by atoms with Gasteiger partial charge in [0.1, 0.15) is 0 Å². The van der Waals surface area contributed by atoms with Crippen LogP contribution in [0.3, 0.4) is 0 Å². The first kappa shape index (κ1) is 12.7. The number of nitrogens with two attached hydrogens (primary N) is 1. The van der Waals surface area contributed by atoms with Crippen LogP contribution in [0.15, 0.2) is 12.1 Å².